The van der Waals surface area contributed by atoms with Gasteiger partial charge in [-0.15, -0.1) is 0 Å². The van der Waals surface area contributed by atoms with Gasteiger partial charge in [0.15, 0.2) is 0 Å². The summed E-state index contributed by atoms with van der Waals surface area (Å²) in [5, 5.41) is 0. The van der Waals surface area contributed by atoms with Crippen molar-refractivity contribution in [1.82, 2.24) is 4.98 Å². The molecule has 0 saturated carbocycles. The van der Waals surface area contributed by atoms with Crippen LogP contribution in [0.25, 0.3) is 6.08 Å². The van der Waals surface area contributed by atoms with Crippen molar-refractivity contribution in [3.8, 4) is 0 Å². The van der Waals surface area contributed by atoms with Crippen LogP contribution >= 0.6 is 0 Å². The van der Waals surface area contributed by atoms with E-state index < -0.39 is 0 Å². The number of pyridine rings is 1. The summed E-state index contributed by atoms with van der Waals surface area (Å²) in [6.07, 6.45) is 7.28. The lowest BCUT2D eigenvalue weighted by Gasteiger charge is -2.48. The summed E-state index contributed by atoms with van der Waals surface area (Å²) in [6, 6.07) is 20.3. The Bertz CT molecular complexity index is 1140. The second kappa shape index (κ2) is 13.3. The molecule has 3 aromatic rings. The van der Waals surface area contributed by atoms with Gasteiger partial charge in [-0.1, -0.05) is 114 Å². The van der Waals surface area contributed by atoms with Crippen molar-refractivity contribution in [2.75, 3.05) is 11.4 Å². The largest absolute Gasteiger partial charge is 0.356 e. The van der Waals surface area contributed by atoms with Gasteiger partial charge in [-0.25, -0.2) is 0 Å². The minimum atomic E-state index is -0.265. The van der Waals surface area contributed by atoms with Crippen molar-refractivity contribution in [2.45, 2.75) is 80.2 Å². The number of anilines is 1. The molecule has 2 heteroatoms. The van der Waals surface area contributed by atoms with E-state index in [0.717, 1.165) is 24.2 Å². The molecule has 4 rings (SSSR count). The maximum atomic E-state index is 4.78. The molecule has 1 aromatic heterocycles. The summed E-state index contributed by atoms with van der Waals surface area (Å²) in [7, 11) is 0. The van der Waals surface area contributed by atoms with E-state index >= 15 is 0 Å². The van der Waals surface area contributed by atoms with E-state index in [1.54, 1.807) is 0 Å². The molecule has 2 heterocycles. The minimum absolute atomic E-state index is 0.265. The number of fused-ring (bicyclic) bond motifs is 1. The molecule has 0 N–H and O–H groups in total. The van der Waals surface area contributed by atoms with Crippen LogP contribution in [0.3, 0.4) is 0 Å². The summed E-state index contributed by atoms with van der Waals surface area (Å²) >= 11 is 0. The zero-order valence-electron chi connectivity index (χ0n) is 24.0. The van der Waals surface area contributed by atoms with Gasteiger partial charge in [0.2, 0.25) is 0 Å². The van der Waals surface area contributed by atoms with Gasteiger partial charge in [-0.05, 0) is 67.5 Å². The van der Waals surface area contributed by atoms with Gasteiger partial charge in [-0.2, -0.15) is 0 Å². The molecule has 0 aliphatic carbocycles. The Morgan fingerprint density at radius 1 is 1.00 bits per heavy atom. The molecule has 1 aliphatic heterocycles. The van der Waals surface area contributed by atoms with Crippen molar-refractivity contribution < 1.29 is 0 Å². The second-order valence-electron chi connectivity index (χ2n) is 9.53. The molecule has 1 unspecified atom stereocenters. The highest BCUT2D eigenvalue weighted by molar-refractivity contribution is 5.61. The fraction of sp³-hybridized carbons (Fsp3) is 0.382. The van der Waals surface area contributed by atoms with Gasteiger partial charge in [0.05, 0.1) is 17.4 Å². The molecule has 0 saturated heterocycles. The Morgan fingerprint density at radius 3 is 2.22 bits per heavy atom. The van der Waals surface area contributed by atoms with Crippen molar-refractivity contribution >= 4 is 11.8 Å². The molecule has 1 aliphatic rings. The molecule has 192 valence electrons. The van der Waals surface area contributed by atoms with E-state index in [9.17, 15) is 0 Å². The lowest BCUT2D eigenvalue weighted by Crippen LogP contribution is -2.50. The zero-order chi connectivity index (χ0) is 26.9. The first-order valence-corrected chi connectivity index (χ1v) is 13.6. The Kier molecular flexibility index (Phi) is 10.7. The number of allylic oxidation sites excluding steroid dienone is 2. The summed E-state index contributed by atoms with van der Waals surface area (Å²) in [5.41, 5.74) is 9.74. The van der Waals surface area contributed by atoms with Crippen LogP contribution in [0, 0.1) is 6.92 Å². The number of rotatable bonds is 5. The van der Waals surface area contributed by atoms with Crippen molar-refractivity contribution in [1.29, 1.82) is 0 Å². The van der Waals surface area contributed by atoms with Gasteiger partial charge in [0, 0.05) is 12.2 Å². The molecule has 2 aromatic carbocycles. The van der Waals surface area contributed by atoms with E-state index in [0.29, 0.717) is 5.92 Å². The molecule has 0 bridgehead atoms. The Balaban J connectivity index is 0.00000109. The van der Waals surface area contributed by atoms with E-state index in [1.165, 1.54) is 33.5 Å². The summed E-state index contributed by atoms with van der Waals surface area (Å²) in [5.74, 6) is 0.431. The molecule has 0 amide bonds. The monoisotopic (exact) mass is 482 g/mol. The van der Waals surface area contributed by atoms with E-state index in [1.807, 2.05) is 34.6 Å². The van der Waals surface area contributed by atoms with E-state index in [-0.39, 0.29) is 5.54 Å². The maximum Gasteiger partial charge on any atom is 0.0881 e. The first-order chi connectivity index (χ1) is 17.3. The smallest absolute Gasteiger partial charge is 0.0881 e. The van der Waals surface area contributed by atoms with Crippen LogP contribution in [0.15, 0.2) is 79.0 Å². The normalized spacial score (nSPS) is 16.6. The van der Waals surface area contributed by atoms with Gasteiger partial charge >= 0.3 is 0 Å². The molecule has 0 fully saturated rings. The molecule has 2 nitrogen and oxygen atoms in total. The molecular formula is C34H46N2. The standard InChI is InChI=1S/C30H34N2.2C2H6/c1-21(2)7-9-24-10-12-26(13-11-24)30(6)28-15-8-23(5)19-25(28)17-18-32(30)27-14-16-29(22(3)4)31-20-27;2*1-2/h7-16,19-20,22H,1,17-18H2,2-6H3;2*1-2H3/b9-7+;;. The third-order valence-corrected chi connectivity index (χ3v) is 6.64. The number of hydrogen-bond acceptors (Lipinski definition) is 2. The second-order valence-corrected chi connectivity index (χ2v) is 9.53. The SMILES string of the molecule is C=C(C)/C=C/c1ccc(C2(C)c3ccc(C)cc3CCN2c2ccc(C(C)C)nc2)cc1.CC.CC. The third-order valence-electron chi connectivity index (χ3n) is 6.64. The van der Waals surface area contributed by atoms with Crippen molar-refractivity contribution in [2.24, 2.45) is 0 Å². The number of nitrogens with zero attached hydrogens (tertiary/aromatic N) is 2. The van der Waals surface area contributed by atoms with E-state index in [2.05, 4.69) is 112 Å². The maximum absolute atomic E-state index is 4.78. The van der Waals surface area contributed by atoms with Crippen LogP contribution in [0.4, 0.5) is 5.69 Å². The van der Waals surface area contributed by atoms with Crippen LogP contribution in [0.2, 0.25) is 0 Å². The Labute approximate surface area is 220 Å². The molecule has 1 atom stereocenters. The summed E-state index contributed by atoms with van der Waals surface area (Å²) < 4.78 is 0. The lowest BCUT2D eigenvalue weighted by molar-refractivity contribution is 0.489. The number of benzene rings is 2. The van der Waals surface area contributed by atoms with Gasteiger partial charge in [0.1, 0.15) is 0 Å². The van der Waals surface area contributed by atoms with Crippen LogP contribution in [-0.2, 0) is 12.0 Å². The van der Waals surface area contributed by atoms with Gasteiger partial charge in [-0.3, -0.25) is 4.98 Å². The highest BCUT2D eigenvalue weighted by Gasteiger charge is 2.40. The quantitative estimate of drug-likeness (QED) is 0.337. The van der Waals surface area contributed by atoms with Gasteiger partial charge in [0.25, 0.3) is 0 Å². The lowest BCUT2D eigenvalue weighted by atomic mass is 9.76. The average Bonchev–Trinajstić information content (AvgIpc) is 2.90. The van der Waals surface area contributed by atoms with Crippen molar-refractivity contribution in [3.05, 3.63) is 113 Å². The fourth-order valence-corrected chi connectivity index (χ4v) is 4.76. The van der Waals surface area contributed by atoms with Crippen LogP contribution in [-0.4, -0.2) is 11.5 Å². The molecule has 36 heavy (non-hydrogen) atoms. The number of aryl methyl sites for hydroxylation is 1. The van der Waals surface area contributed by atoms with Crippen LogP contribution in [0.5, 0.6) is 0 Å². The van der Waals surface area contributed by atoms with Crippen LogP contribution in [0.1, 0.15) is 94.8 Å². The molecule has 0 radical (unpaired) electrons. The zero-order valence-corrected chi connectivity index (χ0v) is 24.0. The van der Waals surface area contributed by atoms with Crippen molar-refractivity contribution in [3.63, 3.8) is 0 Å². The Morgan fingerprint density at radius 2 is 1.67 bits per heavy atom. The summed E-state index contributed by atoms with van der Waals surface area (Å²) in [6.45, 7) is 23.9. The molecular weight excluding hydrogens is 436 g/mol. The summed E-state index contributed by atoms with van der Waals surface area (Å²) in [4.78, 5) is 7.31. The highest BCUT2D eigenvalue weighted by atomic mass is 15.2. The van der Waals surface area contributed by atoms with E-state index in [4.69, 9.17) is 4.98 Å². The first-order valence-electron chi connectivity index (χ1n) is 13.6. The third kappa shape index (κ3) is 6.35. The topological polar surface area (TPSA) is 16.1 Å². The predicted molar refractivity (Wildman–Crippen MR) is 160 cm³/mol. The Hall–Kier alpha value is -3.13. The molecule has 0 spiro atoms. The van der Waals surface area contributed by atoms with Crippen LogP contribution < -0.4 is 4.90 Å². The predicted octanol–water partition coefficient (Wildman–Crippen LogP) is 9.48. The van der Waals surface area contributed by atoms with Gasteiger partial charge < -0.3 is 4.90 Å². The first kappa shape index (κ1) is 29.1. The number of hydrogen-bond donors (Lipinski definition) is 0. The highest BCUT2D eigenvalue weighted by Crippen LogP contribution is 2.43. The fourth-order valence-electron chi connectivity index (χ4n) is 4.76. The number of aromatic nitrogens is 1. The average molecular weight is 483 g/mol. The minimum Gasteiger partial charge on any atom is -0.356 e.